The van der Waals surface area contributed by atoms with Gasteiger partial charge in [-0.15, -0.1) is 11.3 Å². The molecule has 0 aliphatic carbocycles. The summed E-state index contributed by atoms with van der Waals surface area (Å²) >= 11 is 5.33. The minimum Gasteiger partial charge on any atom is -0.306 e. The van der Waals surface area contributed by atoms with Crippen LogP contribution >= 0.6 is 27.3 Å². The van der Waals surface area contributed by atoms with Crippen molar-refractivity contribution in [3.05, 3.63) is 55.7 Å². The van der Waals surface area contributed by atoms with Crippen molar-refractivity contribution >= 4 is 27.3 Å². The van der Waals surface area contributed by atoms with E-state index in [1.54, 1.807) is 11.3 Å². The van der Waals surface area contributed by atoms with Crippen molar-refractivity contribution in [1.29, 1.82) is 0 Å². The van der Waals surface area contributed by atoms with Crippen molar-refractivity contribution in [1.82, 2.24) is 5.32 Å². The van der Waals surface area contributed by atoms with Crippen LogP contribution in [0.5, 0.6) is 0 Å². The third-order valence-corrected chi connectivity index (χ3v) is 4.90. The number of aryl methyl sites for hydroxylation is 2. The summed E-state index contributed by atoms with van der Waals surface area (Å²) in [7, 11) is 0. The van der Waals surface area contributed by atoms with Crippen LogP contribution in [0.25, 0.3) is 0 Å². The number of rotatable bonds is 4. The van der Waals surface area contributed by atoms with E-state index in [0.717, 1.165) is 11.0 Å². The number of hydrogen-bond donors (Lipinski definition) is 1. The average molecular weight is 324 g/mol. The van der Waals surface area contributed by atoms with Gasteiger partial charge >= 0.3 is 0 Å². The molecule has 0 aliphatic rings. The standard InChI is InChI=1S/C15H18BrNS/c1-4-17-15(14-8-13(16)9-18-14)12-6-5-10(2)11(3)7-12/h5-9,15,17H,4H2,1-3H3. The quantitative estimate of drug-likeness (QED) is 0.850. The summed E-state index contributed by atoms with van der Waals surface area (Å²) in [4.78, 5) is 1.35. The molecule has 0 spiro atoms. The lowest BCUT2D eigenvalue weighted by atomic mass is 10.00. The molecule has 0 radical (unpaired) electrons. The predicted octanol–water partition coefficient (Wildman–Crippen LogP) is 4.83. The fourth-order valence-electron chi connectivity index (χ4n) is 2.01. The molecule has 96 valence electrons. The first-order chi connectivity index (χ1) is 8.61. The summed E-state index contributed by atoms with van der Waals surface area (Å²) in [6.07, 6.45) is 0. The Balaban J connectivity index is 2.37. The summed E-state index contributed by atoms with van der Waals surface area (Å²) < 4.78 is 1.16. The number of benzene rings is 1. The highest BCUT2D eigenvalue weighted by atomic mass is 79.9. The van der Waals surface area contributed by atoms with Crippen molar-refractivity contribution in [2.24, 2.45) is 0 Å². The Morgan fingerprint density at radius 1 is 1.22 bits per heavy atom. The maximum Gasteiger partial charge on any atom is 0.0671 e. The lowest BCUT2D eigenvalue weighted by Crippen LogP contribution is -2.21. The van der Waals surface area contributed by atoms with Gasteiger partial charge in [-0.3, -0.25) is 0 Å². The Morgan fingerprint density at radius 2 is 2.00 bits per heavy atom. The van der Waals surface area contributed by atoms with Gasteiger partial charge in [-0.1, -0.05) is 25.1 Å². The second-order valence-corrected chi connectivity index (χ2v) is 6.36. The van der Waals surface area contributed by atoms with Crippen LogP contribution in [0.1, 0.15) is 34.5 Å². The highest BCUT2D eigenvalue weighted by molar-refractivity contribution is 9.10. The molecule has 1 nitrogen and oxygen atoms in total. The maximum absolute atomic E-state index is 3.56. The zero-order valence-electron chi connectivity index (χ0n) is 11.0. The summed E-state index contributed by atoms with van der Waals surface area (Å²) in [5.41, 5.74) is 4.04. The van der Waals surface area contributed by atoms with Crippen molar-refractivity contribution in [2.75, 3.05) is 6.54 Å². The molecule has 1 N–H and O–H groups in total. The molecular formula is C15H18BrNS. The molecule has 1 heterocycles. The SMILES string of the molecule is CCNC(c1ccc(C)c(C)c1)c1cc(Br)cs1. The number of halogens is 1. The van der Waals surface area contributed by atoms with Crippen molar-refractivity contribution < 1.29 is 0 Å². The van der Waals surface area contributed by atoms with Gasteiger partial charge in [0.15, 0.2) is 0 Å². The molecule has 0 aliphatic heterocycles. The minimum atomic E-state index is 0.297. The van der Waals surface area contributed by atoms with Gasteiger partial charge in [0.1, 0.15) is 0 Å². The zero-order valence-corrected chi connectivity index (χ0v) is 13.4. The van der Waals surface area contributed by atoms with Gasteiger partial charge in [-0.25, -0.2) is 0 Å². The minimum absolute atomic E-state index is 0.297. The summed E-state index contributed by atoms with van der Waals surface area (Å²) in [6, 6.07) is 9.22. The highest BCUT2D eigenvalue weighted by Crippen LogP contribution is 2.30. The van der Waals surface area contributed by atoms with Crippen molar-refractivity contribution in [3.8, 4) is 0 Å². The first-order valence-corrected chi connectivity index (χ1v) is 7.83. The van der Waals surface area contributed by atoms with E-state index in [4.69, 9.17) is 0 Å². The summed E-state index contributed by atoms with van der Waals surface area (Å²) in [5.74, 6) is 0. The Labute approximate surface area is 121 Å². The third-order valence-electron chi connectivity index (χ3n) is 3.14. The van der Waals surface area contributed by atoms with Gasteiger partial charge in [0, 0.05) is 14.7 Å². The number of hydrogen-bond acceptors (Lipinski definition) is 2. The van der Waals surface area contributed by atoms with Crippen LogP contribution in [0.4, 0.5) is 0 Å². The molecule has 0 amide bonds. The molecule has 2 rings (SSSR count). The van der Waals surface area contributed by atoms with E-state index in [0.29, 0.717) is 6.04 Å². The average Bonchev–Trinajstić information content (AvgIpc) is 2.76. The van der Waals surface area contributed by atoms with E-state index in [9.17, 15) is 0 Å². The molecule has 0 bridgehead atoms. The van der Waals surface area contributed by atoms with Crippen LogP contribution < -0.4 is 5.32 Å². The van der Waals surface area contributed by atoms with Gasteiger partial charge < -0.3 is 5.32 Å². The molecule has 0 saturated heterocycles. The molecule has 18 heavy (non-hydrogen) atoms. The van der Waals surface area contributed by atoms with E-state index in [1.165, 1.54) is 21.6 Å². The Morgan fingerprint density at radius 3 is 2.56 bits per heavy atom. The molecule has 1 unspecified atom stereocenters. The van der Waals surface area contributed by atoms with Gasteiger partial charge in [0.05, 0.1) is 6.04 Å². The Bertz CT molecular complexity index is 533. The first kappa shape index (κ1) is 13.8. The normalized spacial score (nSPS) is 12.7. The third kappa shape index (κ3) is 3.02. The van der Waals surface area contributed by atoms with Gasteiger partial charge in [-0.2, -0.15) is 0 Å². The monoisotopic (exact) mass is 323 g/mol. The maximum atomic E-state index is 3.56. The van der Waals surface area contributed by atoms with E-state index in [1.807, 2.05) is 0 Å². The highest BCUT2D eigenvalue weighted by Gasteiger charge is 2.15. The molecular weight excluding hydrogens is 306 g/mol. The van der Waals surface area contributed by atoms with E-state index >= 15 is 0 Å². The zero-order chi connectivity index (χ0) is 13.1. The first-order valence-electron chi connectivity index (χ1n) is 6.16. The molecule has 3 heteroatoms. The number of thiophene rings is 1. The topological polar surface area (TPSA) is 12.0 Å². The van der Waals surface area contributed by atoms with Crippen LogP contribution in [0, 0.1) is 13.8 Å². The Hall–Kier alpha value is -0.640. The van der Waals surface area contributed by atoms with Crippen LogP contribution in [-0.4, -0.2) is 6.54 Å². The Kier molecular flexibility index (Phi) is 4.60. The van der Waals surface area contributed by atoms with E-state index < -0.39 is 0 Å². The molecule has 1 atom stereocenters. The van der Waals surface area contributed by atoms with Crippen LogP contribution in [-0.2, 0) is 0 Å². The van der Waals surface area contributed by atoms with Crippen molar-refractivity contribution in [2.45, 2.75) is 26.8 Å². The van der Waals surface area contributed by atoms with Crippen molar-refractivity contribution in [3.63, 3.8) is 0 Å². The van der Waals surface area contributed by atoms with Crippen LogP contribution in [0.3, 0.4) is 0 Å². The van der Waals surface area contributed by atoms with Crippen LogP contribution in [0.2, 0.25) is 0 Å². The molecule has 1 aromatic carbocycles. The van der Waals surface area contributed by atoms with Gasteiger partial charge in [0.2, 0.25) is 0 Å². The fourth-order valence-corrected chi connectivity index (χ4v) is 3.56. The van der Waals surface area contributed by atoms with Gasteiger partial charge in [-0.05, 0) is 59.1 Å². The second-order valence-electron chi connectivity index (χ2n) is 4.50. The lowest BCUT2D eigenvalue weighted by molar-refractivity contribution is 0.639. The number of nitrogens with one attached hydrogen (secondary N) is 1. The molecule has 0 saturated carbocycles. The van der Waals surface area contributed by atoms with E-state index in [2.05, 4.69) is 71.7 Å². The lowest BCUT2D eigenvalue weighted by Gasteiger charge is -2.18. The summed E-state index contributed by atoms with van der Waals surface area (Å²) in [5, 5.41) is 5.70. The molecule has 0 fully saturated rings. The van der Waals surface area contributed by atoms with Crippen LogP contribution in [0.15, 0.2) is 34.1 Å². The fraction of sp³-hybridized carbons (Fsp3) is 0.333. The molecule has 2 aromatic rings. The predicted molar refractivity (Wildman–Crippen MR) is 83.5 cm³/mol. The second kappa shape index (κ2) is 6.00. The van der Waals surface area contributed by atoms with E-state index in [-0.39, 0.29) is 0 Å². The van der Waals surface area contributed by atoms with Gasteiger partial charge in [0.25, 0.3) is 0 Å². The summed E-state index contributed by atoms with van der Waals surface area (Å²) in [6.45, 7) is 7.44. The molecule has 1 aromatic heterocycles. The smallest absolute Gasteiger partial charge is 0.0671 e. The largest absolute Gasteiger partial charge is 0.306 e.